The third-order valence-electron chi connectivity index (χ3n) is 6.12. The van der Waals surface area contributed by atoms with Crippen LogP contribution in [-0.4, -0.2) is 40.0 Å². The molecule has 2 amide bonds. The van der Waals surface area contributed by atoms with Gasteiger partial charge in [0, 0.05) is 42.7 Å². The van der Waals surface area contributed by atoms with Gasteiger partial charge in [-0.2, -0.15) is 0 Å². The summed E-state index contributed by atoms with van der Waals surface area (Å²) in [5.41, 5.74) is 8.87. The van der Waals surface area contributed by atoms with E-state index in [-0.39, 0.29) is 12.3 Å². The molecule has 2 aliphatic rings. The molecule has 4 rings (SSSR count). The highest BCUT2D eigenvalue weighted by atomic mass is 35.5. The van der Waals surface area contributed by atoms with Crippen molar-refractivity contribution in [2.24, 2.45) is 0 Å². The fourth-order valence-electron chi connectivity index (χ4n) is 4.52. The molecule has 1 aromatic carbocycles. The maximum absolute atomic E-state index is 12.5. The number of aryl methyl sites for hydroxylation is 2. The summed E-state index contributed by atoms with van der Waals surface area (Å²) >= 11 is 6.28. The number of fused-ring (bicyclic) bond motifs is 2. The van der Waals surface area contributed by atoms with Gasteiger partial charge in [-0.25, -0.2) is 5.48 Å². The first kappa shape index (κ1) is 21.5. The molecule has 2 N–H and O–H groups in total. The summed E-state index contributed by atoms with van der Waals surface area (Å²) in [6.07, 6.45) is 6.20. The van der Waals surface area contributed by atoms with E-state index < -0.39 is 5.91 Å². The largest absolute Gasteiger partial charge is 0.342 e. The molecule has 6 nitrogen and oxygen atoms in total. The number of nitrogens with zero attached hydrogens (tertiary/aromatic N) is 2. The summed E-state index contributed by atoms with van der Waals surface area (Å²) in [5, 5.41) is 9.31. The average molecular weight is 440 g/mol. The lowest BCUT2D eigenvalue weighted by molar-refractivity contribution is -0.132. The third-order valence-corrected chi connectivity index (χ3v) is 6.36. The van der Waals surface area contributed by atoms with Gasteiger partial charge >= 0.3 is 0 Å². The number of aromatic nitrogens is 1. The van der Waals surface area contributed by atoms with Crippen LogP contribution in [0.25, 0.3) is 5.57 Å². The molecule has 1 saturated heterocycles. The number of carbonyl (C=O) groups is 2. The second-order valence-corrected chi connectivity index (χ2v) is 8.50. The maximum Gasteiger partial charge on any atom is 0.243 e. The topological polar surface area (TPSA) is 82.5 Å². The molecule has 0 radical (unpaired) electrons. The van der Waals surface area contributed by atoms with Crippen LogP contribution in [0, 0.1) is 0 Å². The van der Waals surface area contributed by atoms with Gasteiger partial charge < -0.3 is 4.90 Å². The van der Waals surface area contributed by atoms with E-state index in [1.54, 1.807) is 5.48 Å². The summed E-state index contributed by atoms with van der Waals surface area (Å²) in [4.78, 5) is 30.3. The van der Waals surface area contributed by atoms with Gasteiger partial charge in [0.05, 0.1) is 5.69 Å². The van der Waals surface area contributed by atoms with Crippen molar-refractivity contribution in [2.75, 3.05) is 13.1 Å². The summed E-state index contributed by atoms with van der Waals surface area (Å²) in [6.45, 7) is 1.32. The number of nitrogens with one attached hydrogen (secondary N) is 1. The van der Waals surface area contributed by atoms with Gasteiger partial charge in [0.1, 0.15) is 0 Å². The van der Waals surface area contributed by atoms with Gasteiger partial charge in [-0.15, -0.1) is 0 Å². The second-order valence-electron chi connectivity index (χ2n) is 8.06. The number of likely N-dealkylation sites (tertiary alicyclic amines) is 1. The normalized spacial score (nSPS) is 15.7. The second kappa shape index (κ2) is 9.62. The van der Waals surface area contributed by atoms with Crippen LogP contribution in [0.5, 0.6) is 0 Å². The smallest absolute Gasteiger partial charge is 0.243 e. The van der Waals surface area contributed by atoms with Crippen LogP contribution in [0.1, 0.15) is 54.5 Å². The molecule has 2 heterocycles. The maximum atomic E-state index is 12.5. The molecular formula is C24H26ClN3O3. The van der Waals surface area contributed by atoms with Crippen LogP contribution >= 0.6 is 11.6 Å². The van der Waals surface area contributed by atoms with Crippen molar-refractivity contribution >= 4 is 29.0 Å². The number of carbonyl (C=O) groups excluding carboxylic acids is 2. The lowest BCUT2D eigenvalue weighted by Crippen LogP contribution is -2.36. The number of hydroxylamine groups is 1. The summed E-state index contributed by atoms with van der Waals surface area (Å²) < 4.78 is 0. The van der Waals surface area contributed by atoms with Crippen LogP contribution in [0.15, 0.2) is 42.1 Å². The van der Waals surface area contributed by atoms with Gasteiger partial charge in [0.25, 0.3) is 0 Å². The van der Waals surface area contributed by atoms with Crippen molar-refractivity contribution < 1.29 is 14.8 Å². The van der Waals surface area contributed by atoms with Crippen LogP contribution in [0.4, 0.5) is 0 Å². The van der Waals surface area contributed by atoms with Gasteiger partial charge in [-0.05, 0) is 67.0 Å². The van der Waals surface area contributed by atoms with E-state index in [4.69, 9.17) is 21.8 Å². The monoisotopic (exact) mass is 439 g/mol. The van der Waals surface area contributed by atoms with E-state index in [2.05, 4.69) is 18.2 Å². The number of piperidine rings is 1. The number of benzene rings is 1. The number of pyridine rings is 1. The Morgan fingerprint density at radius 1 is 1.06 bits per heavy atom. The van der Waals surface area contributed by atoms with Crippen molar-refractivity contribution in [3.63, 3.8) is 0 Å². The van der Waals surface area contributed by atoms with Gasteiger partial charge in [-0.3, -0.25) is 19.8 Å². The van der Waals surface area contributed by atoms with E-state index in [0.29, 0.717) is 25.9 Å². The van der Waals surface area contributed by atoms with E-state index in [0.717, 1.165) is 36.4 Å². The zero-order chi connectivity index (χ0) is 21.8. The van der Waals surface area contributed by atoms with E-state index in [9.17, 15) is 9.59 Å². The first-order chi connectivity index (χ1) is 15.1. The molecule has 0 unspecified atom stereocenters. The molecule has 1 aromatic heterocycles. The van der Waals surface area contributed by atoms with E-state index in [1.165, 1.54) is 27.8 Å². The standard InChI is InChI=1S/C24H26ClN3O3/c25-19-8-9-20-18(15-19)7-6-17-3-2-12-26-24(17)23(20)16-10-13-28(14-11-16)22(30)5-1-4-21(29)27-31/h2-3,8-9,12,15,31H,1,4-7,10-11,13-14H2,(H,27,29). The Labute approximate surface area is 186 Å². The molecule has 2 aromatic rings. The highest BCUT2D eigenvalue weighted by Crippen LogP contribution is 2.38. The fourth-order valence-corrected chi connectivity index (χ4v) is 4.72. The number of hydrogen-bond acceptors (Lipinski definition) is 4. The first-order valence-corrected chi connectivity index (χ1v) is 11.1. The molecule has 1 aliphatic carbocycles. The summed E-state index contributed by atoms with van der Waals surface area (Å²) in [6, 6.07) is 10.2. The summed E-state index contributed by atoms with van der Waals surface area (Å²) in [5.74, 6) is -0.405. The van der Waals surface area contributed by atoms with Gasteiger partial charge in [-0.1, -0.05) is 29.3 Å². The SMILES string of the molecule is O=C(CCCC(=O)N1CCC(=C2c3ccc(Cl)cc3CCc3cccnc32)CC1)NO. The first-order valence-electron chi connectivity index (χ1n) is 10.7. The molecule has 1 fully saturated rings. The van der Waals surface area contributed by atoms with Crippen LogP contribution < -0.4 is 5.48 Å². The van der Waals surface area contributed by atoms with Crippen molar-refractivity contribution in [1.29, 1.82) is 0 Å². The molecule has 7 heteroatoms. The summed E-state index contributed by atoms with van der Waals surface area (Å²) in [7, 11) is 0. The Hall–Kier alpha value is -2.70. The van der Waals surface area contributed by atoms with Crippen molar-refractivity contribution in [3.8, 4) is 0 Å². The Kier molecular flexibility index (Phi) is 6.68. The molecule has 0 saturated carbocycles. The van der Waals surface area contributed by atoms with Crippen molar-refractivity contribution in [1.82, 2.24) is 15.4 Å². The van der Waals surface area contributed by atoms with E-state index in [1.807, 2.05) is 23.2 Å². The number of hydrogen-bond donors (Lipinski definition) is 2. The van der Waals surface area contributed by atoms with Gasteiger partial charge in [0.15, 0.2) is 0 Å². The molecule has 0 spiro atoms. The zero-order valence-electron chi connectivity index (χ0n) is 17.4. The van der Waals surface area contributed by atoms with Gasteiger partial charge in [0.2, 0.25) is 11.8 Å². The Morgan fingerprint density at radius 3 is 2.61 bits per heavy atom. The number of amides is 2. The third kappa shape index (κ3) is 4.81. The molecule has 0 atom stereocenters. The molecular weight excluding hydrogens is 414 g/mol. The number of halogens is 1. The van der Waals surface area contributed by atoms with Crippen molar-refractivity contribution in [2.45, 2.75) is 44.9 Å². The van der Waals surface area contributed by atoms with Crippen LogP contribution in [-0.2, 0) is 22.4 Å². The Balaban J connectivity index is 1.56. The molecule has 31 heavy (non-hydrogen) atoms. The minimum atomic E-state index is -0.461. The van der Waals surface area contributed by atoms with Crippen molar-refractivity contribution in [3.05, 3.63) is 69.5 Å². The lowest BCUT2D eigenvalue weighted by Gasteiger charge is -2.30. The minimum Gasteiger partial charge on any atom is -0.342 e. The fraction of sp³-hybridized carbons (Fsp3) is 0.375. The minimum absolute atomic E-state index is 0.0568. The Bertz CT molecular complexity index is 1020. The molecule has 162 valence electrons. The predicted molar refractivity (Wildman–Crippen MR) is 119 cm³/mol. The Morgan fingerprint density at radius 2 is 1.84 bits per heavy atom. The predicted octanol–water partition coefficient (Wildman–Crippen LogP) is 3.93. The highest BCUT2D eigenvalue weighted by Gasteiger charge is 2.26. The zero-order valence-corrected chi connectivity index (χ0v) is 18.1. The quantitative estimate of drug-likeness (QED) is 0.558. The number of rotatable bonds is 4. The molecule has 1 aliphatic heterocycles. The molecule has 0 bridgehead atoms. The highest BCUT2D eigenvalue weighted by molar-refractivity contribution is 6.30. The van der Waals surface area contributed by atoms with E-state index >= 15 is 0 Å². The lowest BCUT2D eigenvalue weighted by atomic mass is 9.88. The average Bonchev–Trinajstić information content (AvgIpc) is 2.95. The van der Waals surface area contributed by atoms with Crippen LogP contribution in [0.2, 0.25) is 5.02 Å². The van der Waals surface area contributed by atoms with Crippen LogP contribution in [0.3, 0.4) is 0 Å².